The highest BCUT2D eigenvalue weighted by Gasteiger charge is 2.28. The molecule has 2 aromatic heterocycles. The van der Waals surface area contributed by atoms with Crippen LogP contribution in [0, 0.1) is 6.92 Å². The number of allylic oxidation sites excluding steroid dienone is 1. The zero-order valence-electron chi connectivity index (χ0n) is 23.8. The third-order valence-corrected chi connectivity index (χ3v) is 6.33. The Hall–Kier alpha value is -3.52. The Kier molecular flexibility index (Phi) is 10.8. The van der Waals surface area contributed by atoms with E-state index in [-0.39, 0.29) is 6.09 Å². The van der Waals surface area contributed by atoms with Crippen LogP contribution in [-0.2, 0) is 11.2 Å². The lowest BCUT2D eigenvalue weighted by molar-refractivity contribution is 0.0240. The fourth-order valence-corrected chi connectivity index (χ4v) is 4.51. The third kappa shape index (κ3) is 8.75. The second kappa shape index (κ2) is 14.0. The van der Waals surface area contributed by atoms with Gasteiger partial charge < -0.3 is 14.5 Å². The summed E-state index contributed by atoms with van der Waals surface area (Å²) in [5.41, 5.74) is 4.47. The van der Waals surface area contributed by atoms with Crippen LogP contribution in [0.3, 0.4) is 0 Å². The molecule has 3 heterocycles. The number of anilines is 1. The van der Waals surface area contributed by atoms with Gasteiger partial charge in [-0.3, -0.25) is 0 Å². The Balaban J connectivity index is 0.000000353. The SMILES string of the molecule is C/C=C(/c1ccncn1)c1c(C)ncnc1N1CCN(C(=O)OC(C)(C)C)CC1.CCCc1cccc(Cl)c1. The summed E-state index contributed by atoms with van der Waals surface area (Å²) in [4.78, 5) is 33.7. The number of carbonyl (C=O) groups excluding carboxylic acids is 1. The molecule has 1 aliphatic heterocycles. The average molecular weight is 551 g/mol. The van der Waals surface area contributed by atoms with Gasteiger partial charge in [0.05, 0.1) is 11.4 Å². The van der Waals surface area contributed by atoms with E-state index in [1.54, 1.807) is 17.4 Å². The summed E-state index contributed by atoms with van der Waals surface area (Å²) in [6.07, 6.45) is 8.91. The second-order valence-corrected chi connectivity index (χ2v) is 10.7. The summed E-state index contributed by atoms with van der Waals surface area (Å²) in [5.74, 6) is 0.855. The molecule has 1 aromatic carbocycles. The molecule has 0 aliphatic carbocycles. The van der Waals surface area contributed by atoms with Gasteiger partial charge in [-0.1, -0.05) is 43.2 Å². The molecule has 3 aromatic rings. The molecule has 0 saturated carbocycles. The van der Waals surface area contributed by atoms with E-state index < -0.39 is 5.60 Å². The van der Waals surface area contributed by atoms with E-state index in [0.717, 1.165) is 39.8 Å². The minimum Gasteiger partial charge on any atom is -0.444 e. The molecule has 0 spiro atoms. The predicted octanol–water partition coefficient (Wildman–Crippen LogP) is 6.38. The molecule has 0 unspecified atom stereocenters. The zero-order chi connectivity index (χ0) is 28.4. The molecular formula is C30H39ClN6O2. The monoisotopic (exact) mass is 550 g/mol. The standard InChI is InChI=1S/C21H28N6O2.C9H11Cl/c1-6-16(17-7-8-22-13-24-17)18-15(2)23-14-25-19(18)26-9-11-27(12-10-26)20(28)29-21(3,4)5;1-2-4-8-5-3-6-9(10)7-8/h6-8,13-14H,9-12H2,1-5H3;3,5-7H,2,4H2,1H3/b16-6-;. The van der Waals surface area contributed by atoms with Crippen molar-refractivity contribution in [2.45, 2.75) is 60.0 Å². The Morgan fingerprint density at radius 1 is 1.08 bits per heavy atom. The second-order valence-electron chi connectivity index (χ2n) is 10.3. The normalized spacial score (nSPS) is 14.0. The summed E-state index contributed by atoms with van der Waals surface area (Å²) in [5, 5.41) is 0.839. The number of hydrogen-bond donors (Lipinski definition) is 0. The van der Waals surface area contributed by atoms with Gasteiger partial charge in [0.2, 0.25) is 0 Å². The van der Waals surface area contributed by atoms with E-state index in [1.165, 1.54) is 18.3 Å². The summed E-state index contributed by atoms with van der Waals surface area (Å²) in [7, 11) is 0. The highest BCUT2D eigenvalue weighted by atomic mass is 35.5. The lowest BCUT2D eigenvalue weighted by Gasteiger charge is -2.37. The van der Waals surface area contributed by atoms with Crippen LogP contribution >= 0.6 is 11.6 Å². The fraction of sp³-hybridized carbons (Fsp3) is 0.433. The van der Waals surface area contributed by atoms with E-state index in [9.17, 15) is 4.79 Å². The molecular weight excluding hydrogens is 512 g/mol. The largest absolute Gasteiger partial charge is 0.444 e. The number of halogens is 1. The lowest BCUT2D eigenvalue weighted by atomic mass is 10.0. The molecule has 8 nitrogen and oxygen atoms in total. The molecule has 9 heteroatoms. The van der Waals surface area contributed by atoms with E-state index in [1.807, 2.05) is 65.0 Å². The van der Waals surface area contributed by atoms with Gasteiger partial charge in [0.25, 0.3) is 0 Å². The molecule has 0 atom stereocenters. The van der Waals surface area contributed by atoms with Crippen LogP contribution in [0.25, 0.3) is 5.57 Å². The number of piperazine rings is 1. The summed E-state index contributed by atoms with van der Waals surface area (Å²) in [6, 6.07) is 9.90. The molecule has 0 radical (unpaired) electrons. The minimum atomic E-state index is -0.497. The Morgan fingerprint density at radius 3 is 2.41 bits per heavy atom. The number of amides is 1. The predicted molar refractivity (Wildman–Crippen MR) is 157 cm³/mol. The maximum absolute atomic E-state index is 12.4. The molecule has 0 N–H and O–H groups in total. The number of benzene rings is 1. The number of aryl methyl sites for hydroxylation is 2. The van der Waals surface area contributed by atoms with Crippen LogP contribution in [0.4, 0.5) is 10.6 Å². The molecule has 1 aliphatic rings. The van der Waals surface area contributed by atoms with Crippen LogP contribution < -0.4 is 4.90 Å². The first-order valence-corrected chi connectivity index (χ1v) is 13.7. The highest BCUT2D eigenvalue weighted by Crippen LogP contribution is 2.31. The zero-order valence-corrected chi connectivity index (χ0v) is 24.6. The van der Waals surface area contributed by atoms with Gasteiger partial charge in [0.15, 0.2) is 0 Å². The first-order valence-electron chi connectivity index (χ1n) is 13.3. The van der Waals surface area contributed by atoms with Crippen LogP contribution in [-0.4, -0.2) is 62.7 Å². The number of carbonyl (C=O) groups is 1. The van der Waals surface area contributed by atoms with Crippen molar-refractivity contribution >= 4 is 29.1 Å². The van der Waals surface area contributed by atoms with Gasteiger partial charge in [-0.2, -0.15) is 0 Å². The van der Waals surface area contributed by atoms with E-state index in [4.69, 9.17) is 16.3 Å². The third-order valence-electron chi connectivity index (χ3n) is 6.09. The van der Waals surface area contributed by atoms with Crippen LogP contribution in [0.1, 0.15) is 63.6 Å². The maximum Gasteiger partial charge on any atom is 0.410 e. The molecule has 0 bridgehead atoms. The Labute approximate surface area is 237 Å². The van der Waals surface area contributed by atoms with Crippen molar-refractivity contribution in [2.24, 2.45) is 0 Å². The van der Waals surface area contributed by atoms with Gasteiger partial charge in [-0.05, 0) is 64.8 Å². The Morgan fingerprint density at radius 2 is 1.82 bits per heavy atom. The van der Waals surface area contributed by atoms with Gasteiger partial charge in [0.1, 0.15) is 24.1 Å². The van der Waals surface area contributed by atoms with E-state index in [2.05, 4.69) is 37.8 Å². The van der Waals surface area contributed by atoms with Crippen LogP contribution in [0.2, 0.25) is 5.02 Å². The number of nitrogens with zero attached hydrogens (tertiary/aromatic N) is 6. The van der Waals surface area contributed by atoms with Crippen molar-refractivity contribution in [3.8, 4) is 0 Å². The smallest absolute Gasteiger partial charge is 0.410 e. The van der Waals surface area contributed by atoms with Crippen molar-refractivity contribution in [3.63, 3.8) is 0 Å². The average Bonchev–Trinajstić information content (AvgIpc) is 2.90. The molecule has 4 rings (SSSR count). The molecule has 1 fully saturated rings. The quantitative estimate of drug-likeness (QED) is 0.364. The van der Waals surface area contributed by atoms with Crippen LogP contribution in [0.5, 0.6) is 0 Å². The first kappa shape index (κ1) is 30.0. The van der Waals surface area contributed by atoms with Gasteiger partial charge in [-0.25, -0.2) is 24.7 Å². The van der Waals surface area contributed by atoms with Gasteiger partial charge in [-0.15, -0.1) is 0 Å². The van der Waals surface area contributed by atoms with Crippen molar-refractivity contribution < 1.29 is 9.53 Å². The highest BCUT2D eigenvalue weighted by molar-refractivity contribution is 6.30. The van der Waals surface area contributed by atoms with E-state index in [0.29, 0.717) is 26.2 Å². The van der Waals surface area contributed by atoms with Crippen molar-refractivity contribution in [3.05, 3.63) is 82.8 Å². The maximum atomic E-state index is 12.4. The topological polar surface area (TPSA) is 84.3 Å². The summed E-state index contributed by atoms with van der Waals surface area (Å²) < 4.78 is 5.49. The fourth-order valence-electron chi connectivity index (χ4n) is 4.29. The van der Waals surface area contributed by atoms with Gasteiger partial charge in [0, 0.05) is 48.5 Å². The van der Waals surface area contributed by atoms with Crippen molar-refractivity contribution in [1.82, 2.24) is 24.8 Å². The molecule has 1 saturated heterocycles. The van der Waals surface area contributed by atoms with Gasteiger partial charge >= 0.3 is 6.09 Å². The summed E-state index contributed by atoms with van der Waals surface area (Å²) in [6.45, 7) is 14.3. The molecule has 208 valence electrons. The lowest BCUT2D eigenvalue weighted by Crippen LogP contribution is -2.50. The van der Waals surface area contributed by atoms with Crippen molar-refractivity contribution in [1.29, 1.82) is 0 Å². The summed E-state index contributed by atoms with van der Waals surface area (Å²) >= 11 is 5.78. The number of ether oxygens (including phenoxy) is 1. The minimum absolute atomic E-state index is 0.272. The van der Waals surface area contributed by atoms with Crippen molar-refractivity contribution in [2.75, 3.05) is 31.1 Å². The first-order chi connectivity index (χ1) is 18.6. The van der Waals surface area contributed by atoms with E-state index >= 15 is 0 Å². The molecule has 1 amide bonds. The number of aromatic nitrogens is 4. The van der Waals surface area contributed by atoms with Crippen LogP contribution in [0.15, 0.2) is 55.3 Å². The number of rotatable bonds is 5. The number of hydrogen-bond acceptors (Lipinski definition) is 7. The molecule has 39 heavy (non-hydrogen) atoms. The Bertz CT molecular complexity index is 1250.